The molecule has 0 spiro atoms. The van der Waals surface area contributed by atoms with Crippen LogP contribution >= 0.6 is 11.3 Å². The van der Waals surface area contributed by atoms with Crippen LogP contribution in [0.1, 0.15) is 24.2 Å². The van der Waals surface area contributed by atoms with Crippen LogP contribution < -0.4 is 10.2 Å². The van der Waals surface area contributed by atoms with Crippen LogP contribution in [0.25, 0.3) is 10.2 Å². The molecule has 1 aromatic carbocycles. The summed E-state index contributed by atoms with van der Waals surface area (Å²) in [6, 6.07) is 9.51. The number of amides is 2. The molecule has 4 rings (SSSR count). The number of fused-ring (bicyclic) bond motifs is 1. The van der Waals surface area contributed by atoms with Gasteiger partial charge in [-0.3, -0.25) is 5.32 Å². The van der Waals surface area contributed by atoms with Gasteiger partial charge in [0.15, 0.2) is 5.13 Å². The first-order valence-corrected chi connectivity index (χ1v) is 10.7. The van der Waals surface area contributed by atoms with Gasteiger partial charge in [-0.15, -0.1) is 0 Å². The molecule has 1 saturated heterocycles. The lowest BCUT2D eigenvalue weighted by atomic mass is 10.1. The molecular formula is C21H25N5O3S. The van der Waals surface area contributed by atoms with Gasteiger partial charge in [0, 0.05) is 37.4 Å². The van der Waals surface area contributed by atoms with E-state index in [9.17, 15) is 9.90 Å². The quantitative estimate of drug-likeness (QED) is 0.592. The molecule has 3 N–H and O–H groups in total. The van der Waals surface area contributed by atoms with Crippen LogP contribution in [-0.4, -0.2) is 63.4 Å². The molecule has 0 bridgehead atoms. The number of piperazine rings is 1. The van der Waals surface area contributed by atoms with E-state index in [-0.39, 0.29) is 18.7 Å². The number of para-hydroxylation sites is 1. The van der Waals surface area contributed by atoms with Crippen molar-refractivity contribution in [3.05, 3.63) is 47.7 Å². The first-order chi connectivity index (χ1) is 14.5. The van der Waals surface area contributed by atoms with Crippen molar-refractivity contribution in [3.63, 3.8) is 0 Å². The number of carbonyl (C=O) groups is 1. The third-order valence-corrected chi connectivity index (χ3v) is 6.28. The van der Waals surface area contributed by atoms with Gasteiger partial charge >= 0.3 is 6.03 Å². The Labute approximate surface area is 178 Å². The molecule has 0 unspecified atom stereocenters. The molecule has 1 aliphatic heterocycles. The Morgan fingerprint density at radius 3 is 2.87 bits per heavy atom. The molecule has 8 nitrogen and oxygen atoms in total. The number of nitrogens with one attached hydrogen (secondary N) is 1. The Balaban J connectivity index is 1.42. The Bertz CT molecular complexity index is 1020. The maximum atomic E-state index is 12.8. The maximum absolute atomic E-state index is 12.8. The van der Waals surface area contributed by atoms with E-state index in [1.54, 1.807) is 6.20 Å². The fraction of sp³-hybridized carbons (Fsp3) is 0.381. The van der Waals surface area contributed by atoms with Crippen molar-refractivity contribution >= 4 is 38.5 Å². The lowest BCUT2D eigenvalue weighted by molar-refractivity contribution is 0.0953. The molecule has 2 amide bonds. The minimum Gasteiger partial charge on any atom is -0.393 e. The summed E-state index contributed by atoms with van der Waals surface area (Å²) in [5.41, 5.74) is 2.41. The lowest BCUT2D eigenvalue weighted by Crippen LogP contribution is -2.55. The Hall–Kier alpha value is -2.75. The number of aromatic nitrogens is 2. The minimum absolute atomic E-state index is 0.00274. The monoisotopic (exact) mass is 427 g/mol. The third-order valence-electron chi connectivity index (χ3n) is 5.33. The number of urea groups is 1. The molecule has 158 valence electrons. The molecule has 1 aliphatic rings. The molecule has 1 fully saturated rings. The van der Waals surface area contributed by atoms with E-state index >= 15 is 0 Å². The van der Waals surface area contributed by atoms with Gasteiger partial charge in [0.1, 0.15) is 11.9 Å². The summed E-state index contributed by atoms with van der Waals surface area (Å²) in [7, 11) is 0. The molecule has 2 atom stereocenters. The number of rotatable bonds is 4. The molecule has 3 aromatic rings. The summed E-state index contributed by atoms with van der Waals surface area (Å²) in [6.45, 7) is 5.51. The van der Waals surface area contributed by atoms with Crippen molar-refractivity contribution in [1.82, 2.24) is 14.9 Å². The second kappa shape index (κ2) is 8.55. The van der Waals surface area contributed by atoms with E-state index in [1.807, 2.05) is 49.1 Å². The van der Waals surface area contributed by atoms with E-state index in [1.165, 1.54) is 11.3 Å². The molecular weight excluding hydrogens is 402 g/mol. The summed E-state index contributed by atoms with van der Waals surface area (Å²) < 4.78 is 1.04. The molecule has 0 aliphatic carbocycles. The topological polar surface area (TPSA) is 102 Å². The van der Waals surface area contributed by atoms with Crippen LogP contribution in [0.5, 0.6) is 0 Å². The second-order valence-electron chi connectivity index (χ2n) is 7.51. The normalized spacial score (nSPS) is 17.9. The number of aliphatic hydroxyl groups excluding tert-OH is 2. The number of pyridine rings is 1. The van der Waals surface area contributed by atoms with Crippen LogP contribution in [0, 0.1) is 6.92 Å². The first kappa shape index (κ1) is 20.5. The highest BCUT2D eigenvalue weighted by molar-refractivity contribution is 7.22. The standard InChI is InChI=1S/C21H25N5O3S/c1-13-9-15(17(28)12-27)10-22-19(13)25-7-8-26(14(2)11-25)21(29)24-20-23-16-5-3-4-6-18(16)30-20/h3-6,9-10,14,17,27-28H,7-8,11-12H2,1-2H3,(H,23,24,29)/t14-,17-/m1/s1. The highest BCUT2D eigenvalue weighted by atomic mass is 32.1. The number of nitrogens with zero attached hydrogens (tertiary/aromatic N) is 4. The van der Waals surface area contributed by atoms with Crippen molar-refractivity contribution in [2.75, 3.05) is 36.5 Å². The number of benzene rings is 1. The van der Waals surface area contributed by atoms with Gasteiger partial charge in [0.25, 0.3) is 0 Å². The van der Waals surface area contributed by atoms with Crippen molar-refractivity contribution in [2.24, 2.45) is 0 Å². The van der Waals surface area contributed by atoms with Gasteiger partial charge in [0.2, 0.25) is 0 Å². The van der Waals surface area contributed by atoms with E-state index < -0.39 is 6.10 Å². The average molecular weight is 428 g/mol. The van der Waals surface area contributed by atoms with Gasteiger partial charge in [-0.25, -0.2) is 14.8 Å². The molecule has 2 aromatic heterocycles. The first-order valence-electron chi connectivity index (χ1n) is 9.90. The van der Waals surface area contributed by atoms with Gasteiger partial charge in [-0.05, 0) is 37.6 Å². The summed E-state index contributed by atoms with van der Waals surface area (Å²) >= 11 is 1.47. The number of thiazole rings is 1. The second-order valence-corrected chi connectivity index (χ2v) is 8.54. The highest BCUT2D eigenvalue weighted by Crippen LogP contribution is 2.27. The van der Waals surface area contributed by atoms with Crippen LogP contribution in [-0.2, 0) is 0 Å². The summed E-state index contributed by atoms with van der Waals surface area (Å²) in [5.74, 6) is 0.835. The fourth-order valence-corrected chi connectivity index (χ4v) is 4.60. The average Bonchev–Trinajstić information content (AvgIpc) is 3.15. The van der Waals surface area contributed by atoms with Crippen molar-refractivity contribution < 1.29 is 15.0 Å². The van der Waals surface area contributed by atoms with Crippen molar-refractivity contribution in [3.8, 4) is 0 Å². The zero-order valence-electron chi connectivity index (χ0n) is 16.9. The number of aryl methyl sites for hydroxylation is 1. The molecule has 0 radical (unpaired) electrons. The van der Waals surface area contributed by atoms with E-state index in [0.717, 1.165) is 21.6 Å². The number of hydrogen-bond acceptors (Lipinski definition) is 7. The van der Waals surface area contributed by atoms with Gasteiger partial charge in [-0.1, -0.05) is 23.5 Å². The van der Waals surface area contributed by atoms with E-state index in [4.69, 9.17) is 5.11 Å². The van der Waals surface area contributed by atoms with Crippen LogP contribution in [0.3, 0.4) is 0 Å². The van der Waals surface area contributed by atoms with Gasteiger partial charge < -0.3 is 20.0 Å². The highest BCUT2D eigenvalue weighted by Gasteiger charge is 2.29. The largest absolute Gasteiger partial charge is 0.393 e. The van der Waals surface area contributed by atoms with Crippen LogP contribution in [0.4, 0.5) is 15.7 Å². The summed E-state index contributed by atoms with van der Waals surface area (Å²) in [5, 5.41) is 22.5. The smallest absolute Gasteiger partial charge is 0.324 e. The third kappa shape index (κ3) is 4.09. The number of aliphatic hydroxyl groups is 2. The number of carbonyl (C=O) groups excluding carboxylic acids is 1. The predicted molar refractivity (Wildman–Crippen MR) is 118 cm³/mol. The Morgan fingerprint density at radius 1 is 1.37 bits per heavy atom. The summed E-state index contributed by atoms with van der Waals surface area (Å²) in [6.07, 6.45) is 0.673. The van der Waals surface area contributed by atoms with Crippen LogP contribution in [0.2, 0.25) is 0 Å². The predicted octanol–water partition coefficient (Wildman–Crippen LogP) is 2.77. The fourth-order valence-electron chi connectivity index (χ4n) is 3.75. The van der Waals surface area contributed by atoms with Crippen molar-refractivity contribution in [1.29, 1.82) is 0 Å². The minimum atomic E-state index is -0.924. The van der Waals surface area contributed by atoms with Crippen molar-refractivity contribution in [2.45, 2.75) is 26.0 Å². The zero-order chi connectivity index (χ0) is 21.3. The van der Waals surface area contributed by atoms with Crippen LogP contribution in [0.15, 0.2) is 36.5 Å². The Morgan fingerprint density at radius 2 is 2.17 bits per heavy atom. The van der Waals surface area contributed by atoms with Gasteiger partial charge in [0.05, 0.1) is 16.8 Å². The van der Waals surface area contributed by atoms with E-state index in [0.29, 0.717) is 30.3 Å². The number of hydrogen-bond donors (Lipinski definition) is 3. The Kier molecular flexibility index (Phi) is 5.85. The van der Waals surface area contributed by atoms with E-state index in [2.05, 4.69) is 20.2 Å². The molecule has 30 heavy (non-hydrogen) atoms. The lowest BCUT2D eigenvalue weighted by Gasteiger charge is -2.40. The molecule has 0 saturated carbocycles. The molecule has 3 heterocycles. The SMILES string of the molecule is Cc1cc([C@H](O)CO)cnc1N1CCN(C(=O)Nc2nc3ccccc3s2)[C@H](C)C1. The zero-order valence-corrected chi connectivity index (χ0v) is 17.8. The summed E-state index contributed by atoms with van der Waals surface area (Å²) in [4.78, 5) is 25.8. The maximum Gasteiger partial charge on any atom is 0.324 e. The van der Waals surface area contributed by atoms with Gasteiger partial charge in [-0.2, -0.15) is 0 Å². The molecule has 9 heteroatoms. The number of anilines is 2.